The molecule has 0 amide bonds. The molecule has 0 heterocycles. The third-order valence-corrected chi connectivity index (χ3v) is 3.44. The highest BCUT2D eigenvalue weighted by molar-refractivity contribution is 5.99. The molecule has 0 saturated heterocycles. The van der Waals surface area contributed by atoms with E-state index in [1.54, 1.807) is 6.92 Å². The number of rotatable bonds is 5. The van der Waals surface area contributed by atoms with E-state index in [9.17, 15) is 13.2 Å². The number of allylic oxidation sites excluding steroid dienone is 5. The summed E-state index contributed by atoms with van der Waals surface area (Å²) in [7, 11) is 1.00. The molecule has 0 saturated carbocycles. The first kappa shape index (κ1) is 27.2. The Labute approximate surface area is 165 Å². The lowest BCUT2D eigenvalue weighted by Crippen LogP contribution is -2.15. The molecule has 28 heavy (non-hydrogen) atoms. The number of nitrogens with two attached hydrogens (primary N) is 1. The van der Waals surface area contributed by atoms with Crippen molar-refractivity contribution in [1.82, 2.24) is 0 Å². The molecule has 0 bridgehead atoms. The highest BCUT2D eigenvalue weighted by Gasteiger charge is 2.30. The standard InChI is InChI=1S/C19H21F3N2.C2H2.CH4O/c1-6-16(19(20,21)22)10-9-13(3)15(5)24-18(23)17-11-12(2)7-8-14(17)4;2*1-2/h6-11H,1,5H2,2-4H3,(H2,23,24);1-2H;2H,1H3/b13-9+,16-10+;;. The SMILES string of the molecule is C#C.C=C/C(=C\C=C(/C)C(=C)N=C(N)c1cc(C)ccc1C)C(F)(F)F.CO. The van der Waals surface area contributed by atoms with Gasteiger partial charge in [-0.25, -0.2) is 4.99 Å². The molecule has 3 N–H and O–H groups in total. The summed E-state index contributed by atoms with van der Waals surface area (Å²) in [5, 5.41) is 7.00. The number of alkyl halides is 3. The fourth-order valence-electron chi connectivity index (χ4n) is 1.89. The highest BCUT2D eigenvalue weighted by atomic mass is 19.4. The molecular formula is C22H27F3N2O. The van der Waals surface area contributed by atoms with Gasteiger partial charge in [-0.05, 0) is 44.1 Å². The summed E-state index contributed by atoms with van der Waals surface area (Å²) >= 11 is 0. The maximum absolute atomic E-state index is 12.6. The second-order valence-electron chi connectivity index (χ2n) is 5.44. The van der Waals surface area contributed by atoms with Crippen molar-refractivity contribution >= 4 is 5.84 Å². The van der Waals surface area contributed by atoms with Crippen LogP contribution in [-0.2, 0) is 0 Å². The molecule has 0 unspecified atom stereocenters. The van der Waals surface area contributed by atoms with Crippen LogP contribution in [-0.4, -0.2) is 24.2 Å². The average Bonchev–Trinajstić information content (AvgIpc) is 2.66. The van der Waals surface area contributed by atoms with Crippen LogP contribution < -0.4 is 5.73 Å². The van der Waals surface area contributed by atoms with Crippen LogP contribution in [0.5, 0.6) is 0 Å². The summed E-state index contributed by atoms with van der Waals surface area (Å²) in [5.41, 5.74) is 8.73. The van der Waals surface area contributed by atoms with Gasteiger partial charge in [-0.2, -0.15) is 13.2 Å². The van der Waals surface area contributed by atoms with E-state index in [0.29, 0.717) is 11.3 Å². The Morgan fingerprint density at radius 1 is 1.18 bits per heavy atom. The zero-order chi connectivity index (χ0) is 22.5. The number of nitrogens with zero attached hydrogens (tertiary/aromatic N) is 1. The summed E-state index contributed by atoms with van der Waals surface area (Å²) in [4.78, 5) is 4.21. The molecule has 6 heteroatoms. The minimum Gasteiger partial charge on any atom is -0.400 e. The van der Waals surface area contributed by atoms with Crippen LogP contribution in [0.1, 0.15) is 23.6 Å². The van der Waals surface area contributed by atoms with Crippen molar-refractivity contribution in [2.45, 2.75) is 26.9 Å². The van der Waals surface area contributed by atoms with Gasteiger partial charge in [-0.15, -0.1) is 12.8 Å². The first-order valence-corrected chi connectivity index (χ1v) is 8.03. The fraction of sp³-hybridized carbons (Fsp3) is 0.227. The van der Waals surface area contributed by atoms with E-state index < -0.39 is 11.7 Å². The van der Waals surface area contributed by atoms with Gasteiger partial charge in [0.05, 0.1) is 11.3 Å². The van der Waals surface area contributed by atoms with Gasteiger partial charge >= 0.3 is 6.18 Å². The van der Waals surface area contributed by atoms with E-state index in [1.165, 1.54) is 6.08 Å². The molecule has 0 aliphatic carbocycles. The van der Waals surface area contributed by atoms with Crippen molar-refractivity contribution < 1.29 is 18.3 Å². The molecule has 0 spiro atoms. The van der Waals surface area contributed by atoms with Crippen LogP contribution in [0, 0.1) is 26.7 Å². The topological polar surface area (TPSA) is 58.6 Å². The number of hydrogen-bond acceptors (Lipinski definition) is 2. The minimum atomic E-state index is -4.44. The summed E-state index contributed by atoms with van der Waals surface area (Å²) in [5.74, 6) is 0.276. The number of hydrogen-bond donors (Lipinski definition) is 2. The van der Waals surface area contributed by atoms with Crippen LogP contribution in [0.4, 0.5) is 13.2 Å². The van der Waals surface area contributed by atoms with Gasteiger partial charge in [0.2, 0.25) is 0 Å². The number of aliphatic hydroxyl groups is 1. The lowest BCUT2D eigenvalue weighted by Gasteiger charge is -2.08. The Bertz CT molecular complexity index is 783. The quantitative estimate of drug-likeness (QED) is 0.321. The predicted octanol–water partition coefficient (Wildman–Crippen LogP) is 5.00. The van der Waals surface area contributed by atoms with Crippen LogP contribution in [0.2, 0.25) is 0 Å². The zero-order valence-electron chi connectivity index (χ0n) is 16.6. The van der Waals surface area contributed by atoms with E-state index in [-0.39, 0.29) is 5.84 Å². The molecule has 0 atom stereocenters. The molecule has 0 radical (unpaired) electrons. The van der Waals surface area contributed by atoms with E-state index in [2.05, 4.69) is 31.0 Å². The molecule has 1 aromatic carbocycles. The minimum absolute atomic E-state index is 0.276. The maximum atomic E-state index is 12.6. The number of terminal acetylenes is 1. The number of aliphatic imine (C=N–C) groups is 1. The van der Waals surface area contributed by atoms with Gasteiger partial charge in [-0.3, -0.25) is 0 Å². The fourth-order valence-corrected chi connectivity index (χ4v) is 1.89. The van der Waals surface area contributed by atoms with Crippen LogP contribution >= 0.6 is 0 Å². The zero-order valence-corrected chi connectivity index (χ0v) is 16.6. The number of amidine groups is 1. The van der Waals surface area contributed by atoms with Gasteiger partial charge in [0.15, 0.2) is 0 Å². The van der Waals surface area contributed by atoms with Crippen molar-refractivity contribution in [3.05, 3.63) is 83.1 Å². The normalized spacial score (nSPS) is 12.1. The van der Waals surface area contributed by atoms with Crippen LogP contribution in [0.25, 0.3) is 0 Å². The third kappa shape index (κ3) is 9.06. The van der Waals surface area contributed by atoms with Crippen LogP contribution in [0.15, 0.2) is 71.4 Å². The molecule has 3 nitrogen and oxygen atoms in total. The largest absolute Gasteiger partial charge is 0.416 e. The highest BCUT2D eigenvalue weighted by Crippen LogP contribution is 2.26. The molecule has 0 aliphatic heterocycles. The van der Waals surface area contributed by atoms with Crippen molar-refractivity contribution in [3.8, 4) is 12.8 Å². The Hall–Kier alpha value is -3.04. The number of aliphatic hydroxyl groups excluding tert-OH is 1. The van der Waals surface area contributed by atoms with E-state index in [0.717, 1.165) is 36.0 Å². The third-order valence-electron chi connectivity index (χ3n) is 3.44. The lowest BCUT2D eigenvalue weighted by atomic mass is 10.0. The Morgan fingerprint density at radius 3 is 2.18 bits per heavy atom. The first-order valence-electron chi connectivity index (χ1n) is 8.03. The lowest BCUT2D eigenvalue weighted by molar-refractivity contribution is -0.0881. The summed E-state index contributed by atoms with van der Waals surface area (Å²) in [6.07, 6.45) is 6.56. The van der Waals surface area contributed by atoms with Crippen molar-refractivity contribution in [1.29, 1.82) is 0 Å². The first-order chi connectivity index (χ1) is 13.1. The number of halogens is 3. The summed E-state index contributed by atoms with van der Waals surface area (Å²) in [6.45, 7) is 12.4. The van der Waals surface area contributed by atoms with E-state index in [4.69, 9.17) is 10.8 Å². The predicted molar refractivity (Wildman–Crippen MR) is 112 cm³/mol. The molecule has 1 rings (SSSR count). The van der Waals surface area contributed by atoms with Crippen molar-refractivity contribution in [3.63, 3.8) is 0 Å². The van der Waals surface area contributed by atoms with E-state index in [1.807, 2.05) is 32.0 Å². The molecule has 0 aliphatic rings. The Balaban J connectivity index is 0. The molecular weight excluding hydrogens is 365 g/mol. The Kier molecular flexibility index (Phi) is 12.8. The van der Waals surface area contributed by atoms with Gasteiger partial charge in [0.1, 0.15) is 5.84 Å². The van der Waals surface area contributed by atoms with Gasteiger partial charge in [0.25, 0.3) is 0 Å². The van der Waals surface area contributed by atoms with Crippen molar-refractivity contribution in [2.75, 3.05) is 7.11 Å². The molecule has 152 valence electrons. The van der Waals surface area contributed by atoms with E-state index >= 15 is 0 Å². The Morgan fingerprint density at radius 2 is 1.71 bits per heavy atom. The van der Waals surface area contributed by atoms with Crippen LogP contribution in [0.3, 0.4) is 0 Å². The van der Waals surface area contributed by atoms with Gasteiger partial charge < -0.3 is 10.8 Å². The number of aryl methyl sites for hydroxylation is 2. The van der Waals surface area contributed by atoms with Gasteiger partial charge in [-0.1, -0.05) is 43.0 Å². The summed E-state index contributed by atoms with van der Waals surface area (Å²) < 4.78 is 37.9. The number of benzene rings is 1. The molecule has 0 fully saturated rings. The second-order valence-corrected chi connectivity index (χ2v) is 5.44. The van der Waals surface area contributed by atoms with Gasteiger partial charge in [0, 0.05) is 12.7 Å². The maximum Gasteiger partial charge on any atom is 0.416 e. The smallest absolute Gasteiger partial charge is 0.400 e. The monoisotopic (exact) mass is 392 g/mol. The average molecular weight is 392 g/mol. The molecule has 1 aromatic rings. The second kappa shape index (κ2) is 13.2. The van der Waals surface area contributed by atoms with Crippen molar-refractivity contribution in [2.24, 2.45) is 10.7 Å². The molecule has 0 aromatic heterocycles. The summed E-state index contributed by atoms with van der Waals surface area (Å²) in [6, 6.07) is 5.80.